The molecule has 0 spiro atoms. The maximum Gasteiger partial charge on any atom is 0.248 e. The largest absolute Gasteiger partial charge is 0.330 e. The number of thiophene rings is 2. The fraction of sp³-hybridized carbons (Fsp3) is 0.316. The van der Waals surface area contributed by atoms with Crippen molar-refractivity contribution >= 4 is 40.3 Å². The highest BCUT2D eigenvalue weighted by molar-refractivity contribution is 7.15. The number of hydrogen-bond acceptors (Lipinski definition) is 5. The second kappa shape index (κ2) is 7.66. The Morgan fingerprint density at radius 2 is 2.26 bits per heavy atom. The van der Waals surface area contributed by atoms with Crippen molar-refractivity contribution in [3.8, 4) is 10.6 Å². The standard InChI is InChI=1S/C19H20N4O2S2/c1-12-6-7-16(27-12)14-11-17(22-21-14)20-19(25)15-5-2-8-23(15)18(24)10-13-4-3-9-26-13/h3-4,6-7,9,11,15H,2,5,8,10H2,1H3,(H2,20,21,22,25). The van der Waals surface area contributed by atoms with Crippen molar-refractivity contribution in [3.05, 3.63) is 45.5 Å². The lowest BCUT2D eigenvalue weighted by Gasteiger charge is -2.23. The predicted octanol–water partition coefficient (Wildman–Crippen LogP) is 3.68. The Hall–Kier alpha value is -2.45. The van der Waals surface area contributed by atoms with Crippen molar-refractivity contribution in [2.24, 2.45) is 0 Å². The van der Waals surface area contributed by atoms with Crippen LogP contribution in [0.15, 0.2) is 35.7 Å². The molecule has 0 aliphatic carbocycles. The zero-order valence-electron chi connectivity index (χ0n) is 14.9. The zero-order chi connectivity index (χ0) is 18.8. The first kappa shape index (κ1) is 17.9. The van der Waals surface area contributed by atoms with Crippen LogP contribution >= 0.6 is 22.7 Å². The number of aromatic amines is 1. The van der Waals surface area contributed by atoms with Crippen LogP contribution in [0.5, 0.6) is 0 Å². The molecule has 1 saturated heterocycles. The van der Waals surface area contributed by atoms with Gasteiger partial charge in [-0.2, -0.15) is 5.10 Å². The summed E-state index contributed by atoms with van der Waals surface area (Å²) in [5.74, 6) is 0.318. The Kier molecular flexibility index (Phi) is 5.09. The number of likely N-dealkylation sites (tertiary alicyclic amines) is 1. The van der Waals surface area contributed by atoms with E-state index >= 15 is 0 Å². The first-order valence-corrected chi connectivity index (χ1v) is 10.5. The Morgan fingerprint density at radius 3 is 3.00 bits per heavy atom. The number of aromatic nitrogens is 2. The van der Waals surface area contributed by atoms with E-state index in [1.807, 2.05) is 29.6 Å². The average molecular weight is 401 g/mol. The summed E-state index contributed by atoms with van der Waals surface area (Å²) in [5, 5.41) is 12.0. The van der Waals surface area contributed by atoms with E-state index in [-0.39, 0.29) is 11.8 Å². The van der Waals surface area contributed by atoms with Gasteiger partial charge in [0.2, 0.25) is 11.8 Å². The van der Waals surface area contributed by atoms with Crippen LogP contribution in [0.2, 0.25) is 0 Å². The maximum atomic E-state index is 12.7. The van der Waals surface area contributed by atoms with Crippen LogP contribution in [0.1, 0.15) is 22.6 Å². The van der Waals surface area contributed by atoms with Gasteiger partial charge in [-0.05, 0) is 43.3 Å². The molecule has 0 radical (unpaired) electrons. The third-order valence-corrected chi connectivity index (χ3v) is 6.53. The van der Waals surface area contributed by atoms with Crippen molar-refractivity contribution < 1.29 is 9.59 Å². The molecule has 3 aromatic heterocycles. The lowest BCUT2D eigenvalue weighted by Crippen LogP contribution is -2.43. The van der Waals surface area contributed by atoms with E-state index in [9.17, 15) is 9.59 Å². The smallest absolute Gasteiger partial charge is 0.248 e. The molecule has 0 bridgehead atoms. The summed E-state index contributed by atoms with van der Waals surface area (Å²) in [5.41, 5.74) is 0.875. The number of nitrogens with one attached hydrogen (secondary N) is 2. The molecule has 4 heterocycles. The normalized spacial score (nSPS) is 16.6. The van der Waals surface area contributed by atoms with Crippen LogP contribution < -0.4 is 5.32 Å². The lowest BCUT2D eigenvalue weighted by molar-refractivity contribution is -0.136. The van der Waals surface area contributed by atoms with Gasteiger partial charge in [-0.3, -0.25) is 14.7 Å². The van der Waals surface area contributed by atoms with Crippen LogP contribution in [0.4, 0.5) is 5.82 Å². The average Bonchev–Trinajstić information content (AvgIpc) is 3.42. The number of anilines is 1. The van der Waals surface area contributed by atoms with Gasteiger partial charge in [0.15, 0.2) is 5.82 Å². The Balaban J connectivity index is 1.41. The molecular formula is C19H20N4O2S2. The second-order valence-corrected chi connectivity index (χ2v) is 8.89. The molecule has 8 heteroatoms. The molecule has 140 valence electrons. The van der Waals surface area contributed by atoms with Crippen LogP contribution in [0, 0.1) is 6.92 Å². The highest BCUT2D eigenvalue weighted by Crippen LogP contribution is 2.28. The van der Waals surface area contributed by atoms with E-state index in [0.717, 1.165) is 21.9 Å². The van der Waals surface area contributed by atoms with Crippen molar-refractivity contribution in [2.45, 2.75) is 32.2 Å². The van der Waals surface area contributed by atoms with Crippen LogP contribution in [0.25, 0.3) is 10.6 Å². The summed E-state index contributed by atoms with van der Waals surface area (Å²) in [6, 6.07) is 9.37. The molecule has 2 amide bonds. The summed E-state index contributed by atoms with van der Waals surface area (Å²) < 4.78 is 0. The third kappa shape index (κ3) is 3.96. The molecule has 27 heavy (non-hydrogen) atoms. The summed E-state index contributed by atoms with van der Waals surface area (Å²) in [4.78, 5) is 30.4. The summed E-state index contributed by atoms with van der Waals surface area (Å²) in [6.45, 7) is 2.68. The number of rotatable bonds is 5. The molecule has 1 atom stereocenters. The fourth-order valence-electron chi connectivity index (χ4n) is 3.30. The molecule has 2 N–H and O–H groups in total. The van der Waals surface area contributed by atoms with Gasteiger partial charge < -0.3 is 10.2 Å². The van der Waals surface area contributed by atoms with E-state index < -0.39 is 6.04 Å². The molecule has 1 aliphatic rings. The van der Waals surface area contributed by atoms with Crippen molar-refractivity contribution in [1.82, 2.24) is 15.1 Å². The number of carbonyl (C=O) groups is 2. The van der Waals surface area contributed by atoms with Gasteiger partial charge in [-0.15, -0.1) is 22.7 Å². The summed E-state index contributed by atoms with van der Waals surface area (Å²) >= 11 is 3.23. The molecule has 1 unspecified atom stereocenters. The van der Waals surface area contributed by atoms with Gasteiger partial charge in [-0.1, -0.05) is 6.07 Å². The monoisotopic (exact) mass is 400 g/mol. The van der Waals surface area contributed by atoms with Gasteiger partial charge in [0.1, 0.15) is 6.04 Å². The molecule has 4 rings (SSSR count). The number of H-pyrrole nitrogens is 1. The molecule has 1 aliphatic heterocycles. The van der Waals surface area contributed by atoms with Gasteiger partial charge in [0, 0.05) is 22.4 Å². The van der Waals surface area contributed by atoms with Crippen molar-refractivity contribution in [2.75, 3.05) is 11.9 Å². The van der Waals surface area contributed by atoms with E-state index in [2.05, 4.69) is 28.5 Å². The minimum Gasteiger partial charge on any atom is -0.330 e. The van der Waals surface area contributed by atoms with Gasteiger partial charge in [0.25, 0.3) is 0 Å². The number of carbonyl (C=O) groups excluding carboxylic acids is 2. The highest BCUT2D eigenvalue weighted by Gasteiger charge is 2.34. The maximum absolute atomic E-state index is 12.7. The molecule has 3 aromatic rings. The Morgan fingerprint density at radius 1 is 1.37 bits per heavy atom. The zero-order valence-corrected chi connectivity index (χ0v) is 16.5. The van der Waals surface area contributed by atoms with E-state index in [1.165, 1.54) is 4.88 Å². The fourth-order valence-corrected chi connectivity index (χ4v) is 4.83. The van der Waals surface area contributed by atoms with E-state index in [1.54, 1.807) is 27.6 Å². The minimum absolute atomic E-state index is 0.00637. The SMILES string of the molecule is Cc1ccc(-c2cc(NC(=O)C3CCCN3C(=O)Cc3cccs3)n[nH]2)s1. The van der Waals surface area contributed by atoms with Gasteiger partial charge in [-0.25, -0.2) is 0 Å². The quantitative estimate of drug-likeness (QED) is 0.686. The molecular weight excluding hydrogens is 380 g/mol. The second-order valence-electron chi connectivity index (χ2n) is 6.57. The topological polar surface area (TPSA) is 78.1 Å². The summed E-state index contributed by atoms with van der Waals surface area (Å²) in [6.07, 6.45) is 1.88. The lowest BCUT2D eigenvalue weighted by atomic mass is 10.2. The minimum atomic E-state index is -0.429. The third-order valence-electron chi connectivity index (χ3n) is 4.62. The van der Waals surface area contributed by atoms with Gasteiger partial charge in [0.05, 0.1) is 17.0 Å². The van der Waals surface area contributed by atoms with Crippen molar-refractivity contribution in [1.29, 1.82) is 0 Å². The highest BCUT2D eigenvalue weighted by atomic mass is 32.1. The predicted molar refractivity (Wildman–Crippen MR) is 108 cm³/mol. The van der Waals surface area contributed by atoms with Crippen molar-refractivity contribution in [3.63, 3.8) is 0 Å². The van der Waals surface area contributed by atoms with E-state index in [4.69, 9.17) is 0 Å². The van der Waals surface area contributed by atoms with Crippen LogP contribution in [-0.2, 0) is 16.0 Å². The number of aryl methyl sites for hydroxylation is 1. The molecule has 1 fully saturated rings. The Labute approximate surface area is 165 Å². The van der Waals surface area contributed by atoms with Crippen LogP contribution in [0.3, 0.4) is 0 Å². The number of amides is 2. The summed E-state index contributed by atoms with van der Waals surface area (Å²) in [7, 11) is 0. The Bertz CT molecular complexity index is 945. The van der Waals surface area contributed by atoms with Gasteiger partial charge >= 0.3 is 0 Å². The van der Waals surface area contributed by atoms with E-state index in [0.29, 0.717) is 25.2 Å². The molecule has 6 nitrogen and oxygen atoms in total. The first-order chi connectivity index (χ1) is 13.1. The first-order valence-electron chi connectivity index (χ1n) is 8.85. The molecule has 0 saturated carbocycles. The number of nitrogens with zero attached hydrogens (tertiary/aromatic N) is 2. The number of hydrogen-bond donors (Lipinski definition) is 2. The molecule has 0 aromatic carbocycles. The van der Waals surface area contributed by atoms with Crippen LogP contribution in [-0.4, -0.2) is 39.5 Å².